The van der Waals surface area contributed by atoms with E-state index in [1.54, 1.807) is 12.1 Å². The Hall–Kier alpha value is -2.66. The lowest BCUT2D eigenvalue weighted by atomic mass is 9.85. The molecular formula is C29H32F7NO3. The van der Waals surface area contributed by atoms with Crippen LogP contribution in [0.2, 0.25) is 0 Å². The van der Waals surface area contributed by atoms with Crippen molar-refractivity contribution in [1.29, 1.82) is 0 Å². The van der Waals surface area contributed by atoms with E-state index in [0.717, 1.165) is 18.4 Å². The number of carboxylic acid groups (broad SMARTS) is 1. The van der Waals surface area contributed by atoms with E-state index in [0.29, 0.717) is 50.9 Å². The van der Waals surface area contributed by atoms with Crippen LogP contribution >= 0.6 is 0 Å². The van der Waals surface area contributed by atoms with Crippen LogP contribution in [0, 0.1) is 17.2 Å². The van der Waals surface area contributed by atoms with Crippen molar-refractivity contribution >= 4 is 5.97 Å². The summed E-state index contributed by atoms with van der Waals surface area (Å²) in [7, 11) is 0. The first-order valence-corrected chi connectivity index (χ1v) is 13.4. The number of nitrogens with one attached hydrogen (secondary N) is 1. The van der Waals surface area contributed by atoms with Crippen LogP contribution in [0.5, 0.6) is 0 Å². The Labute approximate surface area is 227 Å². The summed E-state index contributed by atoms with van der Waals surface area (Å²) >= 11 is 0. The van der Waals surface area contributed by atoms with Gasteiger partial charge in [0.15, 0.2) is 0 Å². The predicted octanol–water partition coefficient (Wildman–Crippen LogP) is 7.22. The van der Waals surface area contributed by atoms with Crippen molar-refractivity contribution in [2.24, 2.45) is 11.3 Å². The molecule has 2 saturated carbocycles. The summed E-state index contributed by atoms with van der Waals surface area (Å²) in [5.41, 5.74) is -2.85. The Kier molecular flexibility index (Phi) is 9.14. The number of hydrogen-bond acceptors (Lipinski definition) is 3. The predicted molar refractivity (Wildman–Crippen MR) is 133 cm³/mol. The van der Waals surface area contributed by atoms with Crippen LogP contribution < -0.4 is 5.32 Å². The first-order chi connectivity index (χ1) is 18.8. The maximum absolute atomic E-state index is 13.6. The van der Waals surface area contributed by atoms with Gasteiger partial charge in [-0.25, -0.2) is 4.39 Å². The van der Waals surface area contributed by atoms with Crippen LogP contribution in [0.4, 0.5) is 30.7 Å². The van der Waals surface area contributed by atoms with Crippen molar-refractivity contribution in [3.63, 3.8) is 0 Å². The number of alkyl halides is 6. The minimum atomic E-state index is -4.92. The summed E-state index contributed by atoms with van der Waals surface area (Å²) < 4.78 is 99.0. The van der Waals surface area contributed by atoms with Gasteiger partial charge < -0.3 is 15.2 Å². The molecule has 2 aromatic carbocycles. The molecule has 2 aliphatic rings. The normalized spacial score (nSPS) is 23.0. The van der Waals surface area contributed by atoms with Gasteiger partial charge in [-0.1, -0.05) is 25.0 Å². The van der Waals surface area contributed by atoms with Crippen molar-refractivity contribution in [3.8, 4) is 0 Å². The Bertz CT molecular complexity index is 1130. The maximum Gasteiger partial charge on any atom is 0.416 e. The third-order valence-electron chi connectivity index (χ3n) is 8.24. The topological polar surface area (TPSA) is 58.6 Å². The molecule has 4 rings (SSSR count). The standard InChI is InChI=1S/C29H32F7NO3/c30-23-6-3-19(4-7-23)25-20(16-37-17-27(26(38)39)10-1-2-11-27)5-8-24(25)40-12-9-18-13-21(28(31,32)33)15-22(14-18)29(34,35)36/h3-4,6-7,13-15,20,24-25,37H,1-2,5,8-12,16-17H2,(H,38,39). The van der Waals surface area contributed by atoms with Gasteiger partial charge in [-0.05, 0) is 86.0 Å². The number of aliphatic carboxylic acids is 1. The van der Waals surface area contributed by atoms with Gasteiger partial charge in [0.05, 0.1) is 29.3 Å². The third kappa shape index (κ3) is 7.15. The first kappa shape index (κ1) is 30.3. The van der Waals surface area contributed by atoms with Gasteiger partial charge in [-0.2, -0.15) is 26.3 Å². The summed E-state index contributed by atoms with van der Waals surface area (Å²) in [6, 6.07) is 7.46. The molecule has 11 heteroatoms. The van der Waals surface area contributed by atoms with E-state index in [2.05, 4.69) is 5.32 Å². The minimum Gasteiger partial charge on any atom is -0.481 e. The molecule has 220 valence electrons. The molecular weight excluding hydrogens is 543 g/mol. The van der Waals surface area contributed by atoms with Gasteiger partial charge in [0, 0.05) is 12.5 Å². The summed E-state index contributed by atoms with van der Waals surface area (Å²) in [5.74, 6) is -1.41. The number of halogens is 7. The summed E-state index contributed by atoms with van der Waals surface area (Å²) in [4.78, 5) is 11.9. The van der Waals surface area contributed by atoms with Crippen LogP contribution in [0.15, 0.2) is 42.5 Å². The van der Waals surface area contributed by atoms with Gasteiger partial charge in [-0.15, -0.1) is 0 Å². The highest BCUT2D eigenvalue weighted by Crippen LogP contribution is 2.43. The molecule has 40 heavy (non-hydrogen) atoms. The maximum atomic E-state index is 13.6. The third-order valence-corrected chi connectivity index (χ3v) is 8.24. The van der Waals surface area contributed by atoms with E-state index in [1.165, 1.54) is 12.1 Å². The molecule has 4 nitrogen and oxygen atoms in total. The molecule has 2 aliphatic carbocycles. The summed E-state index contributed by atoms with van der Waals surface area (Å²) in [6.45, 7) is 0.736. The fraction of sp³-hybridized carbons (Fsp3) is 0.552. The Morgan fingerprint density at radius 2 is 1.55 bits per heavy atom. The molecule has 3 atom stereocenters. The zero-order valence-electron chi connectivity index (χ0n) is 21.8. The van der Waals surface area contributed by atoms with Crippen LogP contribution in [0.3, 0.4) is 0 Å². The molecule has 0 aliphatic heterocycles. The fourth-order valence-electron chi connectivity index (χ4n) is 6.14. The molecule has 0 saturated heterocycles. The fourth-order valence-corrected chi connectivity index (χ4v) is 6.14. The Morgan fingerprint density at radius 1 is 0.950 bits per heavy atom. The van der Waals surface area contributed by atoms with E-state index in [4.69, 9.17) is 4.74 Å². The van der Waals surface area contributed by atoms with Crippen LogP contribution in [-0.2, 0) is 28.3 Å². The minimum absolute atomic E-state index is 0.0214. The largest absolute Gasteiger partial charge is 0.481 e. The molecule has 2 aromatic rings. The molecule has 2 N–H and O–H groups in total. The van der Waals surface area contributed by atoms with Gasteiger partial charge in [0.25, 0.3) is 0 Å². The average molecular weight is 576 g/mol. The lowest BCUT2D eigenvalue weighted by molar-refractivity contribution is -0.148. The van der Waals surface area contributed by atoms with Gasteiger partial charge in [0.2, 0.25) is 0 Å². The van der Waals surface area contributed by atoms with Gasteiger partial charge in [0.1, 0.15) is 5.82 Å². The van der Waals surface area contributed by atoms with E-state index >= 15 is 0 Å². The van der Waals surface area contributed by atoms with Crippen LogP contribution in [-0.4, -0.2) is 36.9 Å². The molecule has 2 fully saturated rings. The number of hydrogen-bond donors (Lipinski definition) is 2. The zero-order valence-corrected chi connectivity index (χ0v) is 21.8. The number of benzene rings is 2. The lowest BCUT2D eigenvalue weighted by Gasteiger charge is -2.28. The van der Waals surface area contributed by atoms with Crippen molar-refractivity contribution in [2.75, 3.05) is 19.7 Å². The molecule has 3 unspecified atom stereocenters. The SMILES string of the molecule is O=C(O)C1(CNCC2CCC(OCCc3cc(C(F)(F)F)cc(C(F)(F)F)c3)C2c2ccc(F)cc2)CCCC1. The van der Waals surface area contributed by atoms with E-state index < -0.39 is 40.7 Å². The monoisotopic (exact) mass is 575 g/mol. The second-order valence-corrected chi connectivity index (χ2v) is 10.9. The van der Waals surface area contributed by atoms with Gasteiger partial charge in [-0.3, -0.25) is 4.79 Å². The molecule has 0 spiro atoms. The van der Waals surface area contributed by atoms with E-state index in [1.807, 2.05) is 0 Å². The molecule has 0 heterocycles. The highest BCUT2D eigenvalue weighted by molar-refractivity contribution is 5.75. The van der Waals surface area contributed by atoms with Crippen molar-refractivity contribution in [1.82, 2.24) is 5.32 Å². The summed E-state index contributed by atoms with van der Waals surface area (Å²) in [5, 5.41) is 13.1. The van der Waals surface area contributed by atoms with Crippen LogP contribution in [0.25, 0.3) is 0 Å². The number of carbonyl (C=O) groups is 1. The molecule has 0 radical (unpaired) electrons. The van der Waals surface area contributed by atoms with Gasteiger partial charge >= 0.3 is 18.3 Å². The smallest absolute Gasteiger partial charge is 0.416 e. The summed E-state index contributed by atoms with van der Waals surface area (Å²) in [6.07, 6.45) is -6.13. The van der Waals surface area contributed by atoms with E-state index in [9.17, 15) is 40.6 Å². The Balaban J connectivity index is 1.44. The average Bonchev–Trinajstić information content (AvgIpc) is 3.52. The highest BCUT2D eigenvalue weighted by Gasteiger charge is 2.42. The molecule has 0 amide bonds. The number of carboxylic acids is 1. The zero-order chi connectivity index (χ0) is 29.1. The van der Waals surface area contributed by atoms with E-state index in [-0.39, 0.29) is 42.6 Å². The Morgan fingerprint density at radius 3 is 2.10 bits per heavy atom. The van der Waals surface area contributed by atoms with Crippen LogP contribution in [0.1, 0.15) is 66.7 Å². The first-order valence-electron chi connectivity index (χ1n) is 13.4. The number of rotatable bonds is 10. The van der Waals surface area contributed by atoms with Crippen molar-refractivity contribution in [3.05, 3.63) is 70.5 Å². The molecule has 0 aromatic heterocycles. The molecule has 0 bridgehead atoms. The van der Waals surface area contributed by atoms with Crippen molar-refractivity contribution < 1.29 is 45.4 Å². The highest BCUT2D eigenvalue weighted by atomic mass is 19.4. The van der Waals surface area contributed by atoms with Crippen molar-refractivity contribution in [2.45, 2.75) is 69.3 Å². The second-order valence-electron chi connectivity index (χ2n) is 10.9. The quantitative estimate of drug-likeness (QED) is 0.294. The second kappa shape index (κ2) is 12.1. The lowest BCUT2D eigenvalue weighted by Crippen LogP contribution is -2.41. The number of ether oxygens (including phenoxy) is 1.